The Morgan fingerprint density at radius 2 is 2.00 bits per heavy atom. The molecule has 1 aromatic carbocycles. The van der Waals surface area contributed by atoms with Gasteiger partial charge in [0.15, 0.2) is 11.6 Å². The number of pyridine rings is 1. The number of halogens is 3. The van der Waals surface area contributed by atoms with E-state index >= 15 is 0 Å². The summed E-state index contributed by atoms with van der Waals surface area (Å²) in [5.41, 5.74) is 0.561. The fourth-order valence-electron chi connectivity index (χ4n) is 3.04. The molecule has 0 aliphatic carbocycles. The lowest BCUT2D eigenvalue weighted by Gasteiger charge is -2.33. The molecule has 2 heterocycles. The van der Waals surface area contributed by atoms with Gasteiger partial charge in [0.1, 0.15) is 4.90 Å². The summed E-state index contributed by atoms with van der Waals surface area (Å²) in [7, 11) is -2.38. The Kier molecular flexibility index (Phi) is 7.10. The second kappa shape index (κ2) is 8.92. The molecule has 0 spiro atoms. The van der Waals surface area contributed by atoms with Crippen molar-refractivity contribution in [3.05, 3.63) is 53.7 Å². The van der Waals surface area contributed by atoms with Gasteiger partial charge in [0.05, 0.1) is 13.3 Å². The number of methoxy groups -OCH3 is 1. The molecular weight excluding hydrogens is 400 g/mol. The van der Waals surface area contributed by atoms with Gasteiger partial charge in [-0.05, 0) is 36.7 Å². The third-order valence-corrected chi connectivity index (χ3v) is 5.86. The second-order valence-electron chi connectivity index (χ2n) is 6.04. The Labute approximate surface area is 162 Å². The number of rotatable bonds is 5. The predicted molar refractivity (Wildman–Crippen MR) is 98.7 cm³/mol. The zero-order chi connectivity index (χ0) is 18.7. The van der Waals surface area contributed by atoms with Crippen molar-refractivity contribution in [2.75, 3.05) is 20.2 Å². The number of nitrogens with zero attached hydrogens (tertiary/aromatic N) is 1. The van der Waals surface area contributed by atoms with Crippen LogP contribution in [0.1, 0.15) is 17.9 Å². The number of hydrogen-bond donors (Lipinski definition) is 2. The molecule has 2 aromatic rings. The van der Waals surface area contributed by atoms with Crippen LogP contribution in [0.4, 0.5) is 8.78 Å². The van der Waals surface area contributed by atoms with Crippen LogP contribution in [0.25, 0.3) is 0 Å². The minimum Gasteiger partial charge on any atom is -0.481 e. The van der Waals surface area contributed by atoms with Crippen LogP contribution in [0.2, 0.25) is 0 Å². The normalized spacial score (nSPS) is 20.0. The van der Waals surface area contributed by atoms with Crippen molar-refractivity contribution in [3.8, 4) is 5.88 Å². The molecule has 1 fully saturated rings. The molecule has 0 bridgehead atoms. The van der Waals surface area contributed by atoms with Gasteiger partial charge in [-0.3, -0.25) is 0 Å². The van der Waals surface area contributed by atoms with E-state index in [0.717, 1.165) is 12.1 Å². The number of sulfonamides is 1. The van der Waals surface area contributed by atoms with Crippen molar-refractivity contribution in [2.24, 2.45) is 0 Å². The van der Waals surface area contributed by atoms with Crippen LogP contribution in [0.3, 0.4) is 0 Å². The smallest absolute Gasteiger partial charge is 0.242 e. The van der Waals surface area contributed by atoms with Crippen molar-refractivity contribution in [1.82, 2.24) is 15.0 Å². The van der Waals surface area contributed by atoms with E-state index in [1.807, 2.05) is 0 Å². The van der Waals surface area contributed by atoms with Gasteiger partial charge in [-0.2, -0.15) is 0 Å². The lowest BCUT2D eigenvalue weighted by Crippen LogP contribution is -2.49. The number of hydrogen-bond acceptors (Lipinski definition) is 5. The molecule has 6 nitrogen and oxygen atoms in total. The minimum atomic E-state index is -3.82. The highest BCUT2D eigenvalue weighted by molar-refractivity contribution is 7.89. The zero-order valence-corrected chi connectivity index (χ0v) is 16.1. The fourth-order valence-corrected chi connectivity index (χ4v) is 4.26. The van der Waals surface area contributed by atoms with Crippen molar-refractivity contribution in [1.29, 1.82) is 0 Å². The Balaban J connectivity index is 0.00000261. The summed E-state index contributed by atoms with van der Waals surface area (Å²) in [5, 5.41) is 3.12. The topological polar surface area (TPSA) is 80.3 Å². The van der Waals surface area contributed by atoms with Crippen LogP contribution < -0.4 is 14.8 Å². The largest absolute Gasteiger partial charge is 0.481 e. The van der Waals surface area contributed by atoms with Crippen molar-refractivity contribution < 1.29 is 21.9 Å². The van der Waals surface area contributed by atoms with Gasteiger partial charge in [-0.25, -0.2) is 26.9 Å². The Hall–Kier alpha value is -1.81. The molecule has 1 aliphatic heterocycles. The van der Waals surface area contributed by atoms with E-state index in [9.17, 15) is 17.2 Å². The molecule has 27 heavy (non-hydrogen) atoms. The molecule has 2 atom stereocenters. The first kappa shape index (κ1) is 21.5. The molecule has 1 saturated heterocycles. The maximum Gasteiger partial charge on any atom is 0.242 e. The molecule has 2 N–H and O–H groups in total. The van der Waals surface area contributed by atoms with Gasteiger partial charge >= 0.3 is 0 Å². The van der Waals surface area contributed by atoms with Gasteiger partial charge in [0.2, 0.25) is 15.9 Å². The van der Waals surface area contributed by atoms with E-state index in [0.29, 0.717) is 31.0 Å². The van der Waals surface area contributed by atoms with Gasteiger partial charge in [0.25, 0.3) is 0 Å². The van der Waals surface area contributed by atoms with Gasteiger partial charge in [-0.15, -0.1) is 12.4 Å². The third-order valence-electron chi connectivity index (χ3n) is 4.39. The second-order valence-corrected chi connectivity index (χ2v) is 7.75. The number of nitrogens with one attached hydrogen (secondary N) is 2. The molecular formula is C17H20ClF2N3O3S. The van der Waals surface area contributed by atoms with E-state index in [2.05, 4.69) is 15.0 Å². The fraction of sp³-hybridized carbons (Fsp3) is 0.353. The summed E-state index contributed by atoms with van der Waals surface area (Å²) in [5.74, 6) is -1.83. The maximum absolute atomic E-state index is 13.6. The van der Waals surface area contributed by atoms with Crippen molar-refractivity contribution >= 4 is 22.4 Å². The highest BCUT2D eigenvalue weighted by Crippen LogP contribution is 2.28. The lowest BCUT2D eigenvalue weighted by atomic mass is 9.86. The SMILES string of the molecule is COc1ccc(S(=O)(=O)NC2CNCCC2c2ccc(F)c(F)c2)cn1.Cl. The standard InChI is InChI=1S/C17H19F2N3O3S.ClH/c1-25-17-5-3-12(9-21-17)26(23,24)22-16-10-20-7-6-13(16)11-2-4-14(18)15(19)8-11;/h2-5,8-9,13,16,20,22H,6-7,10H2,1H3;1H. The highest BCUT2D eigenvalue weighted by Gasteiger charge is 2.31. The van der Waals surface area contributed by atoms with Crippen LogP contribution in [0.5, 0.6) is 5.88 Å². The maximum atomic E-state index is 13.6. The summed E-state index contributed by atoms with van der Waals surface area (Å²) in [4.78, 5) is 3.91. The zero-order valence-electron chi connectivity index (χ0n) is 14.5. The molecule has 0 amide bonds. The molecule has 0 saturated carbocycles. The number of ether oxygens (including phenoxy) is 1. The third kappa shape index (κ3) is 4.92. The number of piperidine rings is 1. The monoisotopic (exact) mass is 419 g/mol. The molecule has 1 aromatic heterocycles. The van der Waals surface area contributed by atoms with Crippen LogP contribution in [-0.2, 0) is 10.0 Å². The molecule has 148 valence electrons. The Morgan fingerprint density at radius 3 is 2.63 bits per heavy atom. The van der Waals surface area contributed by atoms with Crippen molar-refractivity contribution in [3.63, 3.8) is 0 Å². The van der Waals surface area contributed by atoms with Crippen LogP contribution in [0.15, 0.2) is 41.4 Å². The average Bonchev–Trinajstić information content (AvgIpc) is 2.64. The van der Waals surface area contributed by atoms with E-state index in [1.54, 1.807) is 0 Å². The van der Waals surface area contributed by atoms with Gasteiger partial charge in [-0.1, -0.05) is 6.07 Å². The van der Waals surface area contributed by atoms with Crippen molar-refractivity contribution in [2.45, 2.75) is 23.3 Å². The number of aromatic nitrogens is 1. The molecule has 2 unspecified atom stereocenters. The quantitative estimate of drug-likeness (QED) is 0.776. The van der Waals surface area contributed by atoms with E-state index in [-0.39, 0.29) is 23.2 Å². The lowest BCUT2D eigenvalue weighted by molar-refractivity contribution is 0.376. The summed E-state index contributed by atoms with van der Waals surface area (Å²) in [6, 6.07) is 6.04. The first-order valence-corrected chi connectivity index (χ1v) is 9.57. The summed E-state index contributed by atoms with van der Waals surface area (Å²) in [6.07, 6.45) is 1.81. The van der Waals surface area contributed by atoms with Gasteiger partial charge < -0.3 is 10.1 Å². The van der Waals surface area contributed by atoms with Gasteiger partial charge in [0, 0.05) is 24.6 Å². The van der Waals surface area contributed by atoms with E-state index in [4.69, 9.17) is 4.74 Å². The van der Waals surface area contributed by atoms with E-state index in [1.165, 1.54) is 31.5 Å². The molecule has 0 radical (unpaired) electrons. The van der Waals surface area contributed by atoms with E-state index < -0.39 is 27.7 Å². The summed E-state index contributed by atoms with van der Waals surface area (Å²) >= 11 is 0. The minimum absolute atomic E-state index is 0. The molecule has 1 aliphatic rings. The Bertz CT molecular complexity index is 881. The molecule has 3 rings (SSSR count). The Morgan fingerprint density at radius 1 is 1.22 bits per heavy atom. The highest BCUT2D eigenvalue weighted by atomic mass is 35.5. The van der Waals surface area contributed by atoms with Crippen LogP contribution >= 0.6 is 12.4 Å². The van der Waals surface area contributed by atoms with Crippen LogP contribution in [0, 0.1) is 11.6 Å². The summed E-state index contributed by atoms with van der Waals surface area (Å²) < 4.78 is 59.6. The first-order valence-electron chi connectivity index (χ1n) is 8.09. The average molecular weight is 420 g/mol. The number of benzene rings is 1. The first-order chi connectivity index (χ1) is 12.4. The predicted octanol–water partition coefficient (Wildman–Crippen LogP) is 2.21. The van der Waals surface area contributed by atoms with Crippen LogP contribution in [-0.4, -0.2) is 39.6 Å². The summed E-state index contributed by atoms with van der Waals surface area (Å²) in [6.45, 7) is 1.04. The molecule has 10 heteroatoms.